The maximum absolute atomic E-state index is 12.2. The van der Waals surface area contributed by atoms with Crippen LogP contribution in [-0.2, 0) is 33.7 Å². The summed E-state index contributed by atoms with van der Waals surface area (Å²) in [5.74, 6) is 0.619. The van der Waals surface area contributed by atoms with Crippen molar-refractivity contribution in [2.24, 2.45) is 0 Å². The Morgan fingerprint density at radius 2 is 1.59 bits per heavy atom. The molecule has 2 N–H and O–H groups in total. The minimum atomic E-state index is -1.04. The monoisotopic (exact) mass is 531 g/mol. The van der Waals surface area contributed by atoms with Crippen LogP contribution in [0.15, 0.2) is 54.6 Å². The normalized spacial score (nSPS) is 20.3. The highest BCUT2D eigenvalue weighted by molar-refractivity contribution is 5.85. The van der Waals surface area contributed by atoms with Gasteiger partial charge in [-0.3, -0.25) is 0 Å². The van der Waals surface area contributed by atoms with E-state index < -0.39 is 11.5 Å². The van der Waals surface area contributed by atoms with Gasteiger partial charge >= 0.3 is 5.97 Å². The first-order chi connectivity index (χ1) is 18.9. The van der Waals surface area contributed by atoms with Crippen LogP contribution in [-0.4, -0.2) is 49.6 Å². The molecule has 2 aliphatic carbocycles. The molecule has 0 spiro atoms. The third-order valence-electron chi connectivity index (χ3n) is 8.00. The average molecular weight is 532 g/mol. The molecule has 0 radical (unpaired) electrons. The highest BCUT2D eigenvalue weighted by Gasteiger charge is 2.51. The number of benzene rings is 3. The number of nitrogens with one attached hydrogen (secondary N) is 1. The zero-order chi connectivity index (χ0) is 27.6. The fourth-order valence-electron chi connectivity index (χ4n) is 5.84. The average Bonchev–Trinajstić information content (AvgIpc) is 3.34. The lowest BCUT2D eigenvalue weighted by Gasteiger charge is -2.45. The Hall–Kier alpha value is -3.55. The van der Waals surface area contributed by atoms with Crippen molar-refractivity contribution in [1.29, 1.82) is 0 Å². The molecule has 0 aromatic heterocycles. The smallest absolute Gasteiger partial charge is 0.329 e. The topological polar surface area (TPSA) is 86.3 Å². The van der Waals surface area contributed by atoms with Crippen LogP contribution < -0.4 is 14.8 Å². The molecule has 0 atom stereocenters. The molecule has 3 aromatic rings. The van der Waals surface area contributed by atoms with Gasteiger partial charge < -0.3 is 29.4 Å². The van der Waals surface area contributed by atoms with Gasteiger partial charge in [-0.1, -0.05) is 30.3 Å². The molecule has 0 heterocycles. The van der Waals surface area contributed by atoms with E-state index in [2.05, 4.69) is 29.6 Å². The van der Waals surface area contributed by atoms with Gasteiger partial charge in [-0.05, 0) is 78.8 Å². The molecule has 0 bridgehead atoms. The van der Waals surface area contributed by atoms with Crippen LogP contribution in [0.2, 0.25) is 0 Å². The molecule has 7 heteroatoms. The SMILES string of the molecule is CCO[C@H]1C[C@](Nc2ccc(-c3cc(OC)c(C)c(OC)c3)c(COC3Cc4ccccc4C3)c2)(C(=O)O)C1. The Labute approximate surface area is 230 Å². The molecular formula is C32H37NO6. The third-order valence-corrected chi connectivity index (χ3v) is 8.00. The lowest BCUT2D eigenvalue weighted by Crippen LogP contribution is -2.59. The highest BCUT2D eigenvalue weighted by Crippen LogP contribution is 2.40. The minimum Gasteiger partial charge on any atom is -0.496 e. The molecule has 1 saturated carbocycles. The van der Waals surface area contributed by atoms with Crippen molar-refractivity contribution >= 4 is 11.7 Å². The molecule has 0 aliphatic heterocycles. The molecule has 0 unspecified atom stereocenters. The maximum atomic E-state index is 12.2. The lowest BCUT2D eigenvalue weighted by atomic mass is 9.74. The number of carboxylic acids is 1. The van der Waals surface area contributed by atoms with E-state index in [1.807, 2.05) is 44.2 Å². The van der Waals surface area contributed by atoms with Gasteiger partial charge in [-0.15, -0.1) is 0 Å². The van der Waals surface area contributed by atoms with E-state index in [0.717, 1.165) is 52.3 Å². The molecule has 7 nitrogen and oxygen atoms in total. The summed E-state index contributed by atoms with van der Waals surface area (Å²) in [6.45, 7) is 4.86. The van der Waals surface area contributed by atoms with E-state index in [-0.39, 0.29) is 12.2 Å². The zero-order valence-corrected chi connectivity index (χ0v) is 23.1. The quantitative estimate of drug-likeness (QED) is 0.324. The second kappa shape index (κ2) is 11.3. The van der Waals surface area contributed by atoms with E-state index in [0.29, 0.717) is 26.1 Å². The predicted octanol–water partition coefficient (Wildman–Crippen LogP) is 5.80. The fraction of sp³-hybridized carbons (Fsp3) is 0.406. The number of fused-ring (bicyclic) bond motifs is 1. The highest BCUT2D eigenvalue weighted by atomic mass is 16.5. The molecule has 39 heavy (non-hydrogen) atoms. The van der Waals surface area contributed by atoms with Crippen LogP contribution in [0.1, 0.15) is 42.0 Å². The first-order valence-electron chi connectivity index (χ1n) is 13.5. The van der Waals surface area contributed by atoms with E-state index in [1.54, 1.807) is 14.2 Å². The number of carboxylic acid groups (broad SMARTS) is 1. The second-order valence-electron chi connectivity index (χ2n) is 10.5. The zero-order valence-electron chi connectivity index (χ0n) is 23.1. The van der Waals surface area contributed by atoms with Crippen molar-refractivity contribution in [3.8, 4) is 22.6 Å². The van der Waals surface area contributed by atoms with E-state index in [1.165, 1.54) is 11.1 Å². The summed E-state index contributed by atoms with van der Waals surface area (Å²) < 4.78 is 23.4. The summed E-state index contributed by atoms with van der Waals surface area (Å²) in [4.78, 5) is 12.2. The van der Waals surface area contributed by atoms with E-state index in [9.17, 15) is 9.90 Å². The molecule has 0 saturated heterocycles. The Morgan fingerprint density at radius 1 is 0.949 bits per heavy atom. The number of hydrogen-bond acceptors (Lipinski definition) is 6. The van der Waals surface area contributed by atoms with Crippen molar-refractivity contribution in [3.05, 3.63) is 76.9 Å². The van der Waals surface area contributed by atoms with Gasteiger partial charge in [0.15, 0.2) is 0 Å². The molecule has 0 amide bonds. The minimum absolute atomic E-state index is 0.0443. The van der Waals surface area contributed by atoms with Gasteiger partial charge in [0.25, 0.3) is 0 Å². The Morgan fingerprint density at radius 3 is 2.15 bits per heavy atom. The number of hydrogen-bond donors (Lipinski definition) is 2. The molecule has 5 rings (SSSR count). The third kappa shape index (κ3) is 5.47. The standard InChI is InChI=1S/C32H37NO6/c1-5-38-27-17-32(18-27,31(34)35)33-25-10-11-28(23-15-29(36-3)20(2)30(16-23)37-4)24(12-25)19-39-26-13-21-8-6-7-9-22(21)14-26/h6-12,15-16,26-27,33H,5,13-14,17-19H2,1-4H3,(H,34,35)/t27-,32+. The number of ether oxygens (including phenoxy) is 4. The molecular weight excluding hydrogens is 494 g/mol. The van der Waals surface area contributed by atoms with E-state index in [4.69, 9.17) is 18.9 Å². The Kier molecular flexibility index (Phi) is 7.82. The van der Waals surface area contributed by atoms with Crippen LogP contribution in [0.3, 0.4) is 0 Å². The van der Waals surface area contributed by atoms with Gasteiger partial charge in [-0.2, -0.15) is 0 Å². The summed E-state index contributed by atoms with van der Waals surface area (Å²) in [5, 5.41) is 13.3. The van der Waals surface area contributed by atoms with Gasteiger partial charge in [0, 0.05) is 30.7 Å². The van der Waals surface area contributed by atoms with Gasteiger partial charge in [0.2, 0.25) is 0 Å². The van der Waals surface area contributed by atoms with Crippen LogP contribution in [0.25, 0.3) is 11.1 Å². The molecule has 2 aliphatic rings. The first-order valence-corrected chi connectivity index (χ1v) is 13.5. The molecule has 206 valence electrons. The van der Waals surface area contributed by atoms with Crippen LogP contribution >= 0.6 is 0 Å². The molecule has 3 aromatic carbocycles. The number of anilines is 1. The summed E-state index contributed by atoms with van der Waals surface area (Å²) in [6.07, 6.45) is 2.68. The number of aliphatic carboxylic acids is 1. The van der Waals surface area contributed by atoms with Crippen molar-refractivity contribution < 1.29 is 28.8 Å². The second-order valence-corrected chi connectivity index (χ2v) is 10.5. The number of methoxy groups -OCH3 is 2. The van der Waals surface area contributed by atoms with Gasteiger partial charge in [-0.25, -0.2) is 4.79 Å². The van der Waals surface area contributed by atoms with Crippen molar-refractivity contribution in [1.82, 2.24) is 0 Å². The largest absolute Gasteiger partial charge is 0.496 e. The fourth-order valence-corrected chi connectivity index (χ4v) is 5.84. The van der Waals surface area contributed by atoms with Crippen LogP contribution in [0.5, 0.6) is 11.5 Å². The van der Waals surface area contributed by atoms with Crippen molar-refractivity contribution in [2.75, 3.05) is 26.1 Å². The summed E-state index contributed by atoms with van der Waals surface area (Å²) in [7, 11) is 3.31. The Balaban J connectivity index is 1.45. The summed E-state index contributed by atoms with van der Waals surface area (Å²) >= 11 is 0. The summed E-state index contributed by atoms with van der Waals surface area (Å²) in [6, 6.07) is 18.4. The van der Waals surface area contributed by atoms with Crippen molar-refractivity contribution in [3.63, 3.8) is 0 Å². The van der Waals surface area contributed by atoms with Crippen molar-refractivity contribution in [2.45, 2.75) is 63.9 Å². The van der Waals surface area contributed by atoms with Gasteiger partial charge in [0.05, 0.1) is 33.0 Å². The van der Waals surface area contributed by atoms with E-state index >= 15 is 0 Å². The van der Waals surface area contributed by atoms with Gasteiger partial charge in [0.1, 0.15) is 17.0 Å². The number of rotatable bonds is 11. The van der Waals surface area contributed by atoms with Crippen LogP contribution in [0, 0.1) is 6.92 Å². The van der Waals surface area contributed by atoms with Crippen LogP contribution in [0.4, 0.5) is 5.69 Å². The molecule has 1 fully saturated rings. The lowest BCUT2D eigenvalue weighted by molar-refractivity contribution is -0.152. The summed E-state index contributed by atoms with van der Waals surface area (Å²) in [5.41, 5.74) is 6.20. The maximum Gasteiger partial charge on any atom is 0.329 e. The number of carbonyl (C=O) groups is 1. The predicted molar refractivity (Wildman–Crippen MR) is 151 cm³/mol. The Bertz CT molecular complexity index is 1300. The first kappa shape index (κ1) is 27.0.